The van der Waals surface area contributed by atoms with Crippen LogP contribution in [0.1, 0.15) is 0 Å². The van der Waals surface area contributed by atoms with E-state index >= 15 is 0 Å². The van der Waals surface area contributed by atoms with Crippen molar-refractivity contribution in [2.75, 3.05) is 0 Å². The molecule has 0 atom stereocenters. The van der Waals surface area contributed by atoms with Gasteiger partial charge in [0.05, 0.1) is 27.6 Å². The minimum atomic E-state index is 1.00. The van der Waals surface area contributed by atoms with E-state index in [-0.39, 0.29) is 0 Å². The largest absolute Gasteiger partial charge is 0.309 e. The minimum absolute atomic E-state index is 1.00. The highest BCUT2D eigenvalue weighted by Crippen LogP contribution is 2.42. The van der Waals surface area contributed by atoms with E-state index in [2.05, 4.69) is 161 Å². The Labute approximate surface area is 252 Å². The predicted molar refractivity (Wildman–Crippen MR) is 185 cm³/mol. The van der Waals surface area contributed by atoms with E-state index in [1.165, 1.54) is 65.4 Å². The lowest BCUT2D eigenvalue weighted by Gasteiger charge is -2.13. The Morgan fingerprint density at radius 3 is 2.00 bits per heavy atom. The first-order valence-corrected chi connectivity index (χ1v) is 15.1. The number of fused-ring (bicyclic) bond motifs is 13. The van der Waals surface area contributed by atoms with Gasteiger partial charge in [0.1, 0.15) is 5.65 Å². The van der Waals surface area contributed by atoms with Gasteiger partial charge < -0.3 is 4.57 Å². The number of benzene rings is 7. The summed E-state index contributed by atoms with van der Waals surface area (Å²) < 4.78 is 4.78. The number of hydrogen-bond acceptors (Lipinski definition) is 1. The SMILES string of the molecule is c1cc(-c2ccc3ccccc3c2)cc(-n2c3ccccc3c3c4c5ccccc5c5nc6ccccc6n5c4ccc32)c1. The predicted octanol–water partition coefficient (Wildman–Crippen LogP) is 10.7. The fourth-order valence-electron chi connectivity index (χ4n) is 7.33. The van der Waals surface area contributed by atoms with Crippen LogP contribution in [0.15, 0.2) is 152 Å². The third-order valence-corrected chi connectivity index (χ3v) is 9.24. The van der Waals surface area contributed by atoms with Crippen molar-refractivity contribution >= 4 is 70.9 Å². The fraction of sp³-hybridized carbons (Fsp3) is 0. The molecule has 7 aromatic carbocycles. The molecule has 3 aromatic heterocycles. The molecule has 0 spiro atoms. The molecule has 10 aromatic rings. The van der Waals surface area contributed by atoms with Gasteiger partial charge in [0.2, 0.25) is 0 Å². The minimum Gasteiger partial charge on any atom is -0.309 e. The summed E-state index contributed by atoms with van der Waals surface area (Å²) in [6.07, 6.45) is 0. The lowest BCUT2D eigenvalue weighted by Crippen LogP contribution is -1.95. The van der Waals surface area contributed by atoms with Gasteiger partial charge in [0.25, 0.3) is 0 Å². The van der Waals surface area contributed by atoms with Crippen LogP contribution in [-0.4, -0.2) is 14.0 Å². The van der Waals surface area contributed by atoms with Crippen LogP contribution in [0.25, 0.3) is 87.7 Å². The van der Waals surface area contributed by atoms with Gasteiger partial charge >= 0.3 is 0 Å². The summed E-state index contributed by atoms with van der Waals surface area (Å²) in [5.74, 6) is 0. The maximum Gasteiger partial charge on any atom is 0.146 e. The first-order chi connectivity index (χ1) is 21.8. The van der Waals surface area contributed by atoms with Crippen LogP contribution < -0.4 is 0 Å². The number of pyridine rings is 1. The van der Waals surface area contributed by atoms with Crippen LogP contribution >= 0.6 is 0 Å². The van der Waals surface area contributed by atoms with E-state index < -0.39 is 0 Å². The molecule has 3 heteroatoms. The first-order valence-electron chi connectivity index (χ1n) is 15.1. The molecule has 0 aliphatic carbocycles. The maximum atomic E-state index is 5.10. The molecule has 0 N–H and O–H groups in total. The van der Waals surface area contributed by atoms with Gasteiger partial charge in [0, 0.05) is 27.2 Å². The summed E-state index contributed by atoms with van der Waals surface area (Å²) in [6, 6.07) is 54.8. The molecule has 0 unspecified atom stereocenters. The summed E-state index contributed by atoms with van der Waals surface area (Å²) in [6.45, 7) is 0. The van der Waals surface area contributed by atoms with Crippen molar-refractivity contribution in [2.24, 2.45) is 0 Å². The standard InChI is InChI=1S/C41H25N3/c1-2-11-27-24-29(21-20-26(27)10-1)28-12-9-13-30(25-28)43-35-18-7-5-16-33(35)40-37(43)22-23-38-39(40)31-14-3-4-15-32(31)41-42-34-17-6-8-19-36(34)44(38)41/h1-25H. The van der Waals surface area contributed by atoms with Gasteiger partial charge in [-0.15, -0.1) is 0 Å². The number of nitrogens with zero attached hydrogens (tertiary/aromatic N) is 3. The van der Waals surface area contributed by atoms with Gasteiger partial charge in [-0.3, -0.25) is 4.40 Å². The number of imidazole rings is 1. The Hall–Kier alpha value is -5.93. The van der Waals surface area contributed by atoms with E-state index in [0.29, 0.717) is 0 Å². The first kappa shape index (κ1) is 23.6. The van der Waals surface area contributed by atoms with Crippen LogP contribution in [0.2, 0.25) is 0 Å². The Bertz CT molecular complexity index is 2780. The van der Waals surface area contributed by atoms with Crippen LogP contribution in [-0.2, 0) is 0 Å². The molecule has 0 aliphatic heterocycles. The summed E-state index contributed by atoms with van der Waals surface area (Å²) in [5.41, 5.74) is 10.3. The molecular weight excluding hydrogens is 534 g/mol. The molecular formula is C41H25N3. The highest BCUT2D eigenvalue weighted by molar-refractivity contribution is 6.29. The van der Waals surface area contributed by atoms with Gasteiger partial charge in [0.15, 0.2) is 0 Å². The van der Waals surface area contributed by atoms with Gasteiger partial charge in [-0.05, 0) is 75.8 Å². The highest BCUT2D eigenvalue weighted by atomic mass is 15.0. The highest BCUT2D eigenvalue weighted by Gasteiger charge is 2.20. The second-order valence-electron chi connectivity index (χ2n) is 11.6. The smallest absolute Gasteiger partial charge is 0.146 e. The topological polar surface area (TPSA) is 22.2 Å². The number of hydrogen-bond donors (Lipinski definition) is 0. The van der Waals surface area contributed by atoms with Crippen molar-refractivity contribution in [1.82, 2.24) is 14.0 Å². The van der Waals surface area contributed by atoms with Crippen LogP contribution in [0.4, 0.5) is 0 Å². The molecule has 3 heterocycles. The summed E-state index contributed by atoms with van der Waals surface area (Å²) in [7, 11) is 0. The number of para-hydroxylation sites is 3. The van der Waals surface area contributed by atoms with E-state index in [0.717, 1.165) is 22.4 Å². The molecule has 0 saturated carbocycles. The van der Waals surface area contributed by atoms with Crippen molar-refractivity contribution < 1.29 is 0 Å². The molecule has 0 bridgehead atoms. The van der Waals surface area contributed by atoms with Gasteiger partial charge in [-0.1, -0.05) is 103 Å². The summed E-state index contributed by atoms with van der Waals surface area (Å²) in [5, 5.41) is 8.68. The molecule has 0 fully saturated rings. The van der Waals surface area contributed by atoms with Crippen molar-refractivity contribution in [3.8, 4) is 16.8 Å². The molecule has 44 heavy (non-hydrogen) atoms. The molecule has 0 saturated heterocycles. The normalized spacial score (nSPS) is 12.1. The Balaban J connectivity index is 1.32. The van der Waals surface area contributed by atoms with Crippen LogP contribution in [0.5, 0.6) is 0 Å². The molecule has 0 aliphatic rings. The molecule has 0 amide bonds. The summed E-state index contributed by atoms with van der Waals surface area (Å²) in [4.78, 5) is 5.10. The van der Waals surface area contributed by atoms with Gasteiger partial charge in [-0.2, -0.15) is 0 Å². The van der Waals surface area contributed by atoms with Crippen LogP contribution in [0.3, 0.4) is 0 Å². The van der Waals surface area contributed by atoms with Crippen molar-refractivity contribution in [1.29, 1.82) is 0 Å². The van der Waals surface area contributed by atoms with E-state index in [9.17, 15) is 0 Å². The molecule has 3 nitrogen and oxygen atoms in total. The zero-order valence-electron chi connectivity index (χ0n) is 23.8. The average Bonchev–Trinajstić information content (AvgIpc) is 3.65. The zero-order chi connectivity index (χ0) is 28.8. The molecule has 204 valence electrons. The van der Waals surface area contributed by atoms with Crippen molar-refractivity contribution in [3.05, 3.63) is 152 Å². The van der Waals surface area contributed by atoms with Crippen LogP contribution in [0, 0.1) is 0 Å². The second kappa shape index (κ2) is 8.79. The number of rotatable bonds is 2. The molecule has 0 radical (unpaired) electrons. The third kappa shape index (κ3) is 3.18. The van der Waals surface area contributed by atoms with Crippen molar-refractivity contribution in [2.45, 2.75) is 0 Å². The van der Waals surface area contributed by atoms with Gasteiger partial charge in [-0.25, -0.2) is 4.98 Å². The van der Waals surface area contributed by atoms with E-state index in [4.69, 9.17) is 4.98 Å². The maximum absolute atomic E-state index is 5.10. The monoisotopic (exact) mass is 559 g/mol. The van der Waals surface area contributed by atoms with Crippen molar-refractivity contribution in [3.63, 3.8) is 0 Å². The average molecular weight is 560 g/mol. The Morgan fingerprint density at radius 2 is 1.09 bits per heavy atom. The Kier molecular flexibility index (Phi) is 4.72. The summed E-state index contributed by atoms with van der Waals surface area (Å²) >= 11 is 0. The fourth-order valence-corrected chi connectivity index (χ4v) is 7.33. The molecule has 10 rings (SSSR count). The zero-order valence-corrected chi connectivity index (χ0v) is 23.8. The number of aromatic nitrogens is 3. The van der Waals surface area contributed by atoms with E-state index in [1.54, 1.807) is 0 Å². The third-order valence-electron chi connectivity index (χ3n) is 9.24. The quantitative estimate of drug-likeness (QED) is 0.193. The Morgan fingerprint density at radius 1 is 0.409 bits per heavy atom. The van der Waals surface area contributed by atoms with E-state index in [1.807, 2.05) is 0 Å². The lowest BCUT2D eigenvalue weighted by molar-refractivity contribution is 1.18. The second-order valence-corrected chi connectivity index (χ2v) is 11.6. The lowest BCUT2D eigenvalue weighted by atomic mass is 10.0.